The zero-order chi connectivity index (χ0) is 22.6. The summed E-state index contributed by atoms with van der Waals surface area (Å²) < 4.78 is 0. The quantitative estimate of drug-likeness (QED) is 0.146. The summed E-state index contributed by atoms with van der Waals surface area (Å²) >= 11 is 0. The zero-order valence-electron chi connectivity index (χ0n) is 16.8. The van der Waals surface area contributed by atoms with Crippen molar-refractivity contribution in [2.75, 3.05) is 13.1 Å². The third-order valence-corrected chi connectivity index (χ3v) is 4.05. The molecule has 0 fully saturated rings. The van der Waals surface area contributed by atoms with Gasteiger partial charge in [0.05, 0.1) is 13.0 Å². The van der Waals surface area contributed by atoms with Gasteiger partial charge in [0.1, 0.15) is 18.1 Å². The van der Waals surface area contributed by atoms with Crippen LogP contribution < -0.4 is 33.2 Å². The van der Waals surface area contributed by atoms with E-state index in [9.17, 15) is 24.0 Å². The molecule has 3 atom stereocenters. The second kappa shape index (κ2) is 13.4. The van der Waals surface area contributed by atoms with Gasteiger partial charge in [-0.05, 0) is 31.7 Å². The third kappa shape index (κ3) is 10.4. The number of carbonyl (C=O) groups is 5. The predicted molar refractivity (Wildman–Crippen MR) is 104 cm³/mol. The van der Waals surface area contributed by atoms with Gasteiger partial charge in [-0.15, -0.1) is 0 Å². The molecule has 0 spiro atoms. The van der Waals surface area contributed by atoms with Crippen molar-refractivity contribution in [1.29, 1.82) is 0 Å². The van der Waals surface area contributed by atoms with Crippen molar-refractivity contribution in [3.05, 3.63) is 0 Å². The second-order valence-electron chi connectivity index (χ2n) is 6.91. The van der Waals surface area contributed by atoms with E-state index in [4.69, 9.17) is 22.3 Å². The Morgan fingerprint density at radius 3 is 1.97 bits per heavy atom. The maximum atomic E-state index is 12.6. The molecule has 0 heterocycles. The number of nitrogens with one attached hydrogen (secondary N) is 3. The summed E-state index contributed by atoms with van der Waals surface area (Å²) in [5.74, 6) is -4.66. The van der Waals surface area contributed by atoms with Crippen molar-refractivity contribution >= 4 is 29.6 Å². The molecule has 4 amide bonds. The van der Waals surface area contributed by atoms with Gasteiger partial charge in [0.15, 0.2) is 0 Å². The molecule has 0 radical (unpaired) electrons. The molecule has 3 unspecified atom stereocenters. The summed E-state index contributed by atoms with van der Waals surface area (Å²) in [6.45, 7) is 3.42. The van der Waals surface area contributed by atoms with E-state index in [1.807, 2.05) is 0 Å². The van der Waals surface area contributed by atoms with E-state index >= 15 is 0 Å². The van der Waals surface area contributed by atoms with Crippen LogP contribution in [0.3, 0.4) is 0 Å². The molecule has 0 aromatic heterocycles. The van der Waals surface area contributed by atoms with Crippen molar-refractivity contribution < 1.29 is 29.1 Å². The lowest BCUT2D eigenvalue weighted by molar-refractivity contribution is -0.144. The minimum atomic E-state index is -1.52. The Morgan fingerprint density at radius 1 is 0.897 bits per heavy atom. The molecule has 0 saturated heterocycles. The average Bonchev–Trinajstić information content (AvgIpc) is 2.63. The predicted octanol–water partition coefficient (Wildman–Crippen LogP) is -2.86. The normalized spacial score (nSPS) is 13.8. The van der Waals surface area contributed by atoms with Crippen molar-refractivity contribution in [2.24, 2.45) is 23.1 Å². The highest BCUT2D eigenvalue weighted by Crippen LogP contribution is 2.07. The first-order chi connectivity index (χ1) is 13.5. The fourth-order valence-electron chi connectivity index (χ4n) is 2.47. The van der Waals surface area contributed by atoms with E-state index < -0.39 is 60.1 Å². The molecular formula is C17H32N6O6. The summed E-state index contributed by atoms with van der Waals surface area (Å²) in [7, 11) is 0. The maximum Gasteiger partial charge on any atom is 0.326 e. The van der Waals surface area contributed by atoms with Crippen LogP contribution in [-0.2, 0) is 24.0 Å². The fourth-order valence-corrected chi connectivity index (χ4v) is 2.47. The Hall–Kier alpha value is -2.73. The van der Waals surface area contributed by atoms with Gasteiger partial charge in [0.25, 0.3) is 0 Å². The number of rotatable bonds is 14. The molecule has 0 aromatic carbocycles. The van der Waals surface area contributed by atoms with Crippen molar-refractivity contribution in [3.8, 4) is 0 Å². The van der Waals surface area contributed by atoms with E-state index in [0.29, 0.717) is 25.8 Å². The van der Waals surface area contributed by atoms with E-state index in [2.05, 4.69) is 16.0 Å². The average molecular weight is 416 g/mol. The Labute approximate surface area is 169 Å². The van der Waals surface area contributed by atoms with Gasteiger partial charge in [0.2, 0.25) is 23.6 Å². The topological polar surface area (TPSA) is 220 Å². The Morgan fingerprint density at radius 2 is 1.52 bits per heavy atom. The number of unbranched alkanes of at least 4 members (excludes halogenated alkanes) is 1. The third-order valence-electron chi connectivity index (χ3n) is 4.05. The number of carbonyl (C=O) groups excluding carboxylic acids is 4. The maximum absolute atomic E-state index is 12.6. The monoisotopic (exact) mass is 416 g/mol. The Balaban J connectivity index is 5.25. The minimum absolute atomic E-state index is 0.292. The van der Waals surface area contributed by atoms with Crippen LogP contribution in [0.2, 0.25) is 0 Å². The van der Waals surface area contributed by atoms with Crippen LogP contribution in [0.1, 0.15) is 39.5 Å². The van der Waals surface area contributed by atoms with E-state index in [-0.39, 0.29) is 6.54 Å². The lowest BCUT2D eigenvalue weighted by atomic mass is 10.0. The standard InChI is InChI=1S/C17H32N6O6/c1-9(2)14(16(27)22-11(17(28)29)7-12(20)24)23-15(26)10(5-3-4-6-18)21-13(25)8-19/h9-11,14H,3-8,18-19H2,1-2H3,(H2,20,24)(H,21,25)(H,22,27)(H,23,26)(H,28,29). The van der Waals surface area contributed by atoms with Gasteiger partial charge in [-0.3, -0.25) is 19.2 Å². The summed E-state index contributed by atoms with van der Waals surface area (Å²) in [6, 6.07) is -3.54. The highest BCUT2D eigenvalue weighted by atomic mass is 16.4. The first-order valence-corrected chi connectivity index (χ1v) is 9.34. The molecule has 10 N–H and O–H groups in total. The summed E-state index contributed by atoms with van der Waals surface area (Å²) in [6.07, 6.45) is 0.913. The van der Waals surface area contributed by atoms with Gasteiger partial charge < -0.3 is 38.3 Å². The molecule has 29 heavy (non-hydrogen) atoms. The number of primary amides is 1. The first kappa shape index (κ1) is 26.3. The van der Waals surface area contributed by atoms with Crippen LogP contribution in [-0.4, -0.2) is 65.9 Å². The lowest BCUT2D eigenvalue weighted by Crippen LogP contribution is -2.58. The highest BCUT2D eigenvalue weighted by Gasteiger charge is 2.31. The number of aliphatic carboxylic acids is 1. The molecule has 12 nitrogen and oxygen atoms in total. The van der Waals surface area contributed by atoms with E-state index in [1.54, 1.807) is 13.8 Å². The molecule has 0 aliphatic rings. The second-order valence-corrected chi connectivity index (χ2v) is 6.91. The molecule has 0 aliphatic carbocycles. The number of hydrogen-bond donors (Lipinski definition) is 7. The van der Waals surface area contributed by atoms with Crippen LogP contribution >= 0.6 is 0 Å². The van der Waals surface area contributed by atoms with Gasteiger partial charge >= 0.3 is 5.97 Å². The zero-order valence-corrected chi connectivity index (χ0v) is 16.8. The van der Waals surface area contributed by atoms with Gasteiger partial charge in [-0.2, -0.15) is 0 Å². The van der Waals surface area contributed by atoms with Gasteiger partial charge in [-0.1, -0.05) is 13.8 Å². The van der Waals surface area contributed by atoms with Crippen LogP contribution in [0.15, 0.2) is 0 Å². The molecule has 166 valence electrons. The minimum Gasteiger partial charge on any atom is -0.480 e. The molecule has 0 bridgehead atoms. The van der Waals surface area contributed by atoms with E-state index in [0.717, 1.165) is 0 Å². The molecule has 0 aromatic rings. The van der Waals surface area contributed by atoms with Crippen molar-refractivity contribution in [2.45, 2.75) is 57.7 Å². The van der Waals surface area contributed by atoms with Crippen LogP contribution in [0, 0.1) is 5.92 Å². The largest absolute Gasteiger partial charge is 0.480 e. The summed E-state index contributed by atoms with van der Waals surface area (Å²) in [5, 5.41) is 16.3. The number of nitrogens with two attached hydrogens (primary N) is 3. The van der Waals surface area contributed by atoms with Gasteiger partial charge in [-0.25, -0.2) is 4.79 Å². The number of amides is 4. The molecule has 0 rings (SSSR count). The fraction of sp³-hybridized carbons (Fsp3) is 0.706. The van der Waals surface area contributed by atoms with Crippen LogP contribution in [0.5, 0.6) is 0 Å². The summed E-state index contributed by atoms with van der Waals surface area (Å²) in [5.41, 5.74) is 15.7. The first-order valence-electron chi connectivity index (χ1n) is 9.34. The molecular weight excluding hydrogens is 384 g/mol. The highest BCUT2D eigenvalue weighted by molar-refractivity contribution is 5.94. The Bertz CT molecular complexity index is 597. The van der Waals surface area contributed by atoms with Crippen LogP contribution in [0.25, 0.3) is 0 Å². The molecule has 0 saturated carbocycles. The number of carboxylic acid groups (broad SMARTS) is 1. The lowest BCUT2D eigenvalue weighted by Gasteiger charge is -2.26. The van der Waals surface area contributed by atoms with Crippen LogP contribution in [0.4, 0.5) is 0 Å². The Kier molecular flexibility index (Phi) is 12.2. The van der Waals surface area contributed by atoms with Crippen molar-refractivity contribution in [1.82, 2.24) is 16.0 Å². The molecule has 12 heteroatoms. The van der Waals surface area contributed by atoms with Gasteiger partial charge in [0, 0.05) is 0 Å². The number of hydrogen-bond acceptors (Lipinski definition) is 7. The summed E-state index contributed by atoms with van der Waals surface area (Å²) in [4.78, 5) is 59.0. The van der Waals surface area contributed by atoms with E-state index in [1.165, 1.54) is 0 Å². The number of carboxylic acids is 1. The SMILES string of the molecule is CC(C)C(NC(=O)C(CCCCN)NC(=O)CN)C(=O)NC(CC(N)=O)C(=O)O. The van der Waals surface area contributed by atoms with Crippen molar-refractivity contribution in [3.63, 3.8) is 0 Å². The molecule has 0 aliphatic heterocycles. The smallest absolute Gasteiger partial charge is 0.326 e.